The zero-order valence-electron chi connectivity index (χ0n) is 21.4. The molecule has 0 unspecified atom stereocenters. The number of fused-ring (bicyclic) bond motifs is 5. The molecule has 190 valence electrons. The molecule has 0 aliphatic heterocycles. The molecule has 1 saturated carbocycles. The third-order valence-electron chi connectivity index (χ3n) is 8.87. The lowest BCUT2D eigenvalue weighted by atomic mass is 9.73. The lowest BCUT2D eigenvalue weighted by molar-refractivity contribution is -0.139. The number of carboxylic acid groups (broad SMARTS) is 1. The molecule has 1 fully saturated rings. The second kappa shape index (κ2) is 8.20. The van der Waals surface area contributed by atoms with E-state index in [2.05, 4.69) is 32.6 Å². The number of halogens is 1. The molecule has 3 aromatic carbocycles. The van der Waals surface area contributed by atoms with Gasteiger partial charge in [-0.05, 0) is 76.8 Å². The highest BCUT2D eigenvalue weighted by Crippen LogP contribution is 2.62. The van der Waals surface area contributed by atoms with E-state index in [-0.39, 0.29) is 28.5 Å². The van der Waals surface area contributed by atoms with Crippen LogP contribution in [0.3, 0.4) is 0 Å². The van der Waals surface area contributed by atoms with Crippen LogP contribution in [0.25, 0.3) is 11.1 Å². The van der Waals surface area contributed by atoms with Crippen LogP contribution in [0.4, 0.5) is 4.39 Å². The molecule has 0 amide bonds. The van der Waals surface area contributed by atoms with Crippen molar-refractivity contribution in [2.45, 2.75) is 51.0 Å². The molecule has 1 N–H and O–H groups in total. The number of aliphatic carboxylic acids is 1. The fourth-order valence-electron chi connectivity index (χ4n) is 6.72. The summed E-state index contributed by atoms with van der Waals surface area (Å²) >= 11 is 0. The molecule has 3 atom stereocenters. The van der Waals surface area contributed by atoms with Gasteiger partial charge in [0, 0.05) is 22.5 Å². The predicted octanol–water partition coefficient (Wildman–Crippen LogP) is 7.03. The maximum absolute atomic E-state index is 15.1. The van der Waals surface area contributed by atoms with Crippen molar-refractivity contribution in [1.82, 2.24) is 0 Å². The standard InChI is InChI=1S/C32H31FO4/c1-5-31(2,3)29-22-14-18(6-9-21(22)27-25(33)10-11-26(36-4)28(27)29)17-37-20-8-7-19-12-13-32(23(19)15-20)16-24(32)30(34)35/h5-11,14-15,24,29H,1,12-13,16-17H2,2-4H3,(H,34,35)/t24-,29+,32-/m0/s1. The molecule has 37 heavy (non-hydrogen) atoms. The van der Waals surface area contributed by atoms with E-state index in [1.54, 1.807) is 13.2 Å². The Hall–Kier alpha value is -3.60. The Bertz CT molecular complexity index is 1460. The van der Waals surface area contributed by atoms with Gasteiger partial charge in [-0.1, -0.05) is 44.2 Å². The number of hydrogen-bond donors (Lipinski definition) is 1. The Morgan fingerprint density at radius 3 is 2.73 bits per heavy atom. The van der Waals surface area contributed by atoms with Crippen molar-refractivity contribution in [1.29, 1.82) is 0 Å². The number of hydrogen-bond acceptors (Lipinski definition) is 3. The zero-order chi connectivity index (χ0) is 26.1. The fraction of sp³-hybridized carbons (Fsp3) is 0.344. The van der Waals surface area contributed by atoms with Gasteiger partial charge in [0.05, 0.1) is 13.0 Å². The number of carbonyl (C=O) groups is 1. The minimum Gasteiger partial charge on any atom is -0.496 e. The summed E-state index contributed by atoms with van der Waals surface area (Å²) in [6.45, 7) is 8.65. The Morgan fingerprint density at radius 1 is 1.22 bits per heavy atom. The van der Waals surface area contributed by atoms with Crippen LogP contribution in [0.5, 0.6) is 11.5 Å². The first kappa shape index (κ1) is 23.8. The second-order valence-corrected chi connectivity index (χ2v) is 11.3. The summed E-state index contributed by atoms with van der Waals surface area (Å²) in [5, 5.41) is 9.55. The van der Waals surface area contributed by atoms with Crippen molar-refractivity contribution in [3.05, 3.63) is 94.8 Å². The Labute approximate surface area is 216 Å². The Morgan fingerprint density at radius 2 is 2.03 bits per heavy atom. The average molecular weight is 499 g/mol. The number of benzene rings is 3. The molecule has 0 bridgehead atoms. The minimum absolute atomic E-state index is 0.108. The molecular formula is C32H31FO4. The van der Waals surface area contributed by atoms with Crippen molar-refractivity contribution in [2.75, 3.05) is 7.11 Å². The number of methoxy groups -OCH3 is 1. The van der Waals surface area contributed by atoms with Crippen LogP contribution < -0.4 is 9.47 Å². The summed E-state index contributed by atoms with van der Waals surface area (Å²) in [5.41, 5.74) is 6.19. The minimum atomic E-state index is -0.705. The molecule has 3 aromatic rings. The highest BCUT2D eigenvalue weighted by Gasteiger charge is 2.61. The highest BCUT2D eigenvalue weighted by molar-refractivity contribution is 5.82. The van der Waals surface area contributed by atoms with Crippen molar-refractivity contribution in [2.24, 2.45) is 11.3 Å². The van der Waals surface area contributed by atoms with Gasteiger partial charge in [-0.3, -0.25) is 4.79 Å². The quantitative estimate of drug-likeness (QED) is 0.356. The largest absolute Gasteiger partial charge is 0.496 e. The number of ether oxygens (including phenoxy) is 2. The molecule has 4 nitrogen and oxygen atoms in total. The Balaban J connectivity index is 1.32. The van der Waals surface area contributed by atoms with E-state index in [1.807, 2.05) is 30.3 Å². The number of carboxylic acids is 1. The van der Waals surface area contributed by atoms with Gasteiger partial charge in [0.25, 0.3) is 0 Å². The van der Waals surface area contributed by atoms with Crippen LogP contribution in [0.2, 0.25) is 0 Å². The van der Waals surface area contributed by atoms with Crippen molar-refractivity contribution < 1.29 is 23.8 Å². The van der Waals surface area contributed by atoms with Crippen molar-refractivity contribution >= 4 is 5.97 Å². The average Bonchev–Trinajstić information content (AvgIpc) is 3.37. The molecule has 3 aliphatic carbocycles. The number of aryl methyl sites for hydroxylation is 1. The topological polar surface area (TPSA) is 55.8 Å². The highest BCUT2D eigenvalue weighted by atomic mass is 19.1. The van der Waals surface area contributed by atoms with E-state index in [1.165, 1.54) is 11.6 Å². The fourth-order valence-corrected chi connectivity index (χ4v) is 6.72. The molecule has 0 saturated heterocycles. The first-order valence-corrected chi connectivity index (χ1v) is 12.8. The summed E-state index contributed by atoms with van der Waals surface area (Å²) in [6.07, 6.45) is 4.46. The van der Waals surface area contributed by atoms with E-state index in [9.17, 15) is 9.90 Å². The molecule has 1 spiro atoms. The molecule has 0 radical (unpaired) electrons. The molecule has 0 aromatic heterocycles. The van der Waals surface area contributed by atoms with Crippen LogP contribution in [0, 0.1) is 17.2 Å². The SMILES string of the molecule is C=CC(C)(C)[C@@H]1c2cc(COc3ccc4c(c3)[C@]3(CC4)C[C@H]3C(=O)O)ccc2-c2c(F)ccc(OC)c21. The van der Waals surface area contributed by atoms with Crippen molar-refractivity contribution in [3.8, 4) is 22.6 Å². The van der Waals surface area contributed by atoms with Gasteiger partial charge in [-0.15, -0.1) is 6.58 Å². The Kier molecular flexibility index (Phi) is 5.27. The van der Waals surface area contributed by atoms with Crippen LogP contribution in [0.1, 0.15) is 60.4 Å². The van der Waals surface area contributed by atoms with E-state index in [0.29, 0.717) is 24.3 Å². The number of rotatable bonds is 7. The molecule has 5 heteroatoms. The molecule has 6 rings (SSSR count). The zero-order valence-corrected chi connectivity index (χ0v) is 21.4. The maximum Gasteiger partial charge on any atom is 0.307 e. The maximum atomic E-state index is 15.1. The summed E-state index contributed by atoms with van der Waals surface area (Å²) in [5.74, 6) is 0.0689. The molecule has 0 heterocycles. The van der Waals surface area contributed by atoms with Gasteiger partial charge in [-0.2, -0.15) is 0 Å². The number of allylic oxidation sites excluding steroid dienone is 1. The summed E-state index contributed by atoms with van der Waals surface area (Å²) < 4.78 is 27.0. The van der Waals surface area contributed by atoms with E-state index < -0.39 is 5.97 Å². The lowest BCUT2D eigenvalue weighted by Crippen LogP contribution is -2.19. The van der Waals surface area contributed by atoms with E-state index in [0.717, 1.165) is 46.4 Å². The van der Waals surface area contributed by atoms with Crippen LogP contribution in [-0.2, 0) is 23.2 Å². The van der Waals surface area contributed by atoms with Crippen LogP contribution in [-0.4, -0.2) is 18.2 Å². The third kappa shape index (κ3) is 3.51. The molecule has 3 aliphatic rings. The smallest absolute Gasteiger partial charge is 0.307 e. The molecular weight excluding hydrogens is 467 g/mol. The van der Waals surface area contributed by atoms with Gasteiger partial charge in [0.1, 0.15) is 23.9 Å². The predicted molar refractivity (Wildman–Crippen MR) is 141 cm³/mol. The normalized spacial score (nSPS) is 22.8. The third-order valence-corrected chi connectivity index (χ3v) is 8.87. The first-order valence-electron chi connectivity index (χ1n) is 12.8. The van der Waals surface area contributed by atoms with Gasteiger partial charge in [-0.25, -0.2) is 4.39 Å². The van der Waals surface area contributed by atoms with E-state index >= 15 is 4.39 Å². The van der Waals surface area contributed by atoms with Crippen molar-refractivity contribution in [3.63, 3.8) is 0 Å². The summed E-state index contributed by atoms with van der Waals surface area (Å²) in [6, 6.07) is 15.3. The summed E-state index contributed by atoms with van der Waals surface area (Å²) in [7, 11) is 1.62. The van der Waals surface area contributed by atoms with Crippen LogP contribution >= 0.6 is 0 Å². The van der Waals surface area contributed by atoms with E-state index in [4.69, 9.17) is 9.47 Å². The summed E-state index contributed by atoms with van der Waals surface area (Å²) in [4.78, 5) is 11.6. The van der Waals surface area contributed by atoms with Gasteiger partial charge in [0.2, 0.25) is 0 Å². The van der Waals surface area contributed by atoms with Gasteiger partial charge in [0.15, 0.2) is 0 Å². The lowest BCUT2D eigenvalue weighted by Gasteiger charge is -2.31. The van der Waals surface area contributed by atoms with Crippen LogP contribution in [0.15, 0.2) is 61.2 Å². The second-order valence-electron chi connectivity index (χ2n) is 11.3. The first-order chi connectivity index (χ1) is 17.7. The van der Waals surface area contributed by atoms with Gasteiger partial charge >= 0.3 is 5.97 Å². The van der Waals surface area contributed by atoms with Gasteiger partial charge < -0.3 is 14.6 Å². The monoisotopic (exact) mass is 498 g/mol.